The van der Waals surface area contributed by atoms with Crippen LogP contribution in [0, 0.1) is 0 Å². The Morgan fingerprint density at radius 2 is 1.50 bits per heavy atom. The van der Waals surface area contributed by atoms with Gasteiger partial charge in [0.05, 0.1) is 17.6 Å². The fourth-order valence-corrected chi connectivity index (χ4v) is 4.64. The minimum atomic E-state index is -0.310. The Labute approximate surface area is 205 Å². The van der Waals surface area contributed by atoms with Gasteiger partial charge in [-0.2, -0.15) is 0 Å². The number of nitrogens with zero attached hydrogens (tertiary/aromatic N) is 1. The molecular weight excluding hydrogens is 530 g/mol. The van der Waals surface area contributed by atoms with E-state index >= 15 is 0 Å². The van der Waals surface area contributed by atoms with E-state index in [1.54, 1.807) is 0 Å². The number of aromatic nitrogens is 1. The Balaban J connectivity index is 1.85. The number of benzene rings is 3. The van der Waals surface area contributed by atoms with E-state index < -0.39 is 0 Å². The van der Waals surface area contributed by atoms with Gasteiger partial charge < -0.3 is 9.30 Å². The zero-order chi connectivity index (χ0) is 22.5. The van der Waals surface area contributed by atoms with E-state index in [4.69, 9.17) is 4.74 Å². The van der Waals surface area contributed by atoms with Crippen molar-refractivity contribution in [2.24, 2.45) is 0 Å². The number of esters is 1. The fraction of sp³-hybridized carbons (Fsp3) is 0.222. The highest BCUT2D eigenvalue weighted by atomic mass is 79.9. The van der Waals surface area contributed by atoms with Crippen molar-refractivity contribution in [3.05, 3.63) is 81.2 Å². The van der Waals surface area contributed by atoms with Gasteiger partial charge in [-0.05, 0) is 54.5 Å². The van der Waals surface area contributed by atoms with Gasteiger partial charge in [0.1, 0.15) is 5.70 Å². The number of carbonyl (C=O) groups excluding carboxylic acids is 1. The highest BCUT2D eigenvalue weighted by Gasteiger charge is 2.20. The molecule has 0 unspecified atom stereocenters. The maximum Gasteiger partial charge on any atom is 0.355 e. The van der Waals surface area contributed by atoms with Gasteiger partial charge in [0.2, 0.25) is 0 Å². The molecule has 0 aliphatic heterocycles. The normalized spacial score (nSPS) is 11.9. The van der Waals surface area contributed by atoms with Crippen molar-refractivity contribution in [2.45, 2.75) is 32.6 Å². The van der Waals surface area contributed by atoms with E-state index in [2.05, 4.69) is 50.9 Å². The third kappa shape index (κ3) is 5.00. The zero-order valence-corrected chi connectivity index (χ0v) is 21.2. The summed E-state index contributed by atoms with van der Waals surface area (Å²) in [7, 11) is 0. The van der Waals surface area contributed by atoms with Crippen LogP contribution in [0.5, 0.6) is 0 Å². The molecule has 1 heterocycles. The Bertz CT molecular complexity index is 1220. The molecule has 4 aromatic rings. The van der Waals surface area contributed by atoms with Crippen LogP contribution in [0.15, 0.2) is 75.7 Å². The minimum Gasteiger partial charge on any atom is -0.461 e. The van der Waals surface area contributed by atoms with Crippen molar-refractivity contribution in [2.75, 3.05) is 6.61 Å². The Morgan fingerprint density at radius 3 is 2.09 bits per heavy atom. The summed E-state index contributed by atoms with van der Waals surface area (Å²) in [6.45, 7) is 2.60. The molecule has 0 aliphatic rings. The van der Waals surface area contributed by atoms with Gasteiger partial charge in [0, 0.05) is 19.7 Å². The lowest BCUT2D eigenvalue weighted by Gasteiger charge is -2.13. The molecule has 0 aliphatic carbocycles. The summed E-state index contributed by atoms with van der Waals surface area (Å²) < 4.78 is 9.76. The van der Waals surface area contributed by atoms with Crippen LogP contribution in [-0.2, 0) is 9.53 Å². The molecule has 0 N–H and O–H groups in total. The second-order valence-corrected chi connectivity index (χ2v) is 9.63. The summed E-state index contributed by atoms with van der Waals surface area (Å²) >= 11 is 7.19. The van der Waals surface area contributed by atoms with Gasteiger partial charge in [-0.25, -0.2) is 4.79 Å². The molecule has 0 bridgehead atoms. The average molecular weight is 555 g/mol. The van der Waals surface area contributed by atoms with Crippen molar-refractivity contribution in [1.29, 1.82) is 0 Å². The summed E-state index contributed by atoms with van der Waals surface area (Å²) in [5, 5.41) is 2.15. The summed E-state index contributed by atoms with van der Waals surface area (Å²) in [6.07, 6.45) is 6.17. The molecular formula is C27H25Br2NO2. The first-order chi connectivity index (χ1) is 15.6. The molecule has 3 nitrogen and oxygen atoms in total. The second kappa shape index (κ2) is 10.5. The first kappa shape index (κ1) is 22.8. The number of hydrogen-bond donors (Lipinski definition) is 0. The fourth-order valence-electron chi connectivity index (χ4n) is 3.92. The van der Waals surface area contributed by atoms with E-state index in [0.29, 0.717) is 12.3 Å². The van der Waals surface area contributed by atoms with Crippen LogP contribution in [0.25, 0.3) is 33.6 Å². The topological polar surface area (TPSA) is 31.2 Å². The lowest BCUT2D eigenvalue weighted by molar-refractivity contribution is -0.137. The summed E-state index contributed by atoms with van der Waals surface area (Å²) in [5.74, 6) is -0.310. The van der Waals surface area contributed by atoms with Crippen LogP contribution >= 0.6 is 31.9 Å². The van der Waals surface area contributed by atoms with E-state index in [1.165, 1.54) is 0 Å². The Hall–Kier alpha value is -2.37. The van der Waals surface area contributed by atoms with Crippen LogP contribution in [0.1, 0.15) is 38.2 Å². The molecule has 0 spiro atoms. The smallest absolute Gasteiger partial charge is 0.355 e. The molecule has 32 heavy (non-hydrogen) atoms. The molecule has 3 aromatic carbocycles. The van der Waals surface area contributed by atoms with Gasteiger partial charge in [0.15, 0.2) is 0 Å². The SMILES string of the molecule is CCCCCCOC(=O)C(=Cc1ccccc1)n1c2ccc(Br)cc2c2cc(Br)ccc21. The molecule has 164 valence electrons. The molecule has 1 aromatic heterocycles. The number of rotatable bonds is 8. The minimum absolute atomic E-state index is 0.310. The van der Waals surface area contributed by atoms with Crippen LogP contribution in [-0.4, -0.2) is 17.1 Å². The second-order valence-electron chi connectivity index (χ2n) is 7.80. The zero-order valence-electron chi connectivity index (χ0n) is 18.0. The molecule has 0 atom stereocenters. The van der Waals surface area contributed by atoms with Gasteiger partial charge in [-0.15, -0.1) is 0 Å². The van der Waals surface area contributed by atoms with E-state index in [0.717, 1.165) is 62.0 Å². The lowest BCUT2D eigenvalue weighted by Crippen LogP contribution is -2.13. The Morgan fingerprint density at radius 1 is 0.875 bits per heavy atom. The lowest BCUT2D eigenvalue weighted by atomic mass is 10.2. The largest absolute Gasteiger partial charge is 0.461 e. The third-order valence-corrected chi connectivity index (χ3v) is 6.46. The van der Waals surface area contributed by atoms with E-state index in [9.17, 15) is 4.79 Å². The number of halogens is 2. The summed E-state index contributed by atoms with van der Waals surface area (Å²) in [5.41, 5.74) is 3.39. The highest BCUT2D eigenvalue weighted by molar-refractivity contribution is 9.10. The quantitative estimate of drug-likeness (QED) is 0.124. The first-order valence-corrected chi connectivity index (χ1v) is 12.5. The maximum atomic E-state index is 13.4. The predicted octanol–water partition coefficient (Wildman–Crippen LogP) is 8.44. The summed E-state index contributed by atoms with van der Waals surface area (Å²) in [6, 6.07) is 22.2. The number of fused-ring (bicyclic) bond motifs is 3. The monoisotopic (exact) mass is 553 g/mol. The van der Waals surface area contributed by atoms with Crippen LogP contribution in [0.3, 0.4) is 0 Å². The molecule has 0 fully saturated rings. The number of carbonyl (C=O) groups is 1. The molecule has 0 saturated carbocycles. The van der Waals surface area contributed by atoms with E-state index in [1.807, 2.05) is 65.2 Å². The van der Waals surface area contributed by atoms with Crippen molar-refractivity contribution in [1.82, 2.24) is 4.57 Å². The maximum absolute atomic E-state index is 13.4. The number of unbranched alkanes of at least 4 members (excludes halogenated alkanes) is 3. The van der Waals surface area contributed by atoms with Crippen molar-refractivity contribution in [3.8, 4) is 0 Å². The Kier molecular flexibility index (Phi) is 7.48. The molecule has 4 rings (SSSR count). The molecule has 0 radical (unpaired) electrons. The standard InChI is InChI=1S/C27H25Br2NO2/c1-2-3-4-8-15-32-27(31)26(16-19-9-6-5-7-10-19)30-24-13-11-20(28)17-22(24)23-18-21(29)12-14-25(23)30/h5-7,9-14,16-18H,2-4,8,15H2,1H3. The predicted molar refractivity (Wildman–Crippen MR) is 141 cm³/mol. The van der Waals surface area contributed by atoms with Gasteiger partial charge in [-0.3, -0.25) is 0 Å². The average Bonchev–Trinajstić information content (AvgIpc) is 3.10. The first-order valence-electron chi connectivity index (χ1n) is 10.9. The number of hydrogen-bond acceptors (Lipinski definition) is 2. The third-order valence-electron chi connectivity index (χ3n) is 5.47. The molecule has 0 amide bonds. The van der Waals surface area contributed by atoms with Gasteiger partial charge in [0.25, 0.3) is 0 Å². The highest BCUT2D eigenvalue weighted by Crippen LogP contribution is 2.35. The molecule has 5 heteroatoms. The van der Waals surface area contributed by atoms with Gasteiger partial charge >= 0.3 is 5.97 Å². The van der Waals surface area contributed by atoms with Gasteiger partial charge in [-0.1, -0.05) is 88.4 Å². The van der Waals surface area contributed by atoms with E-state index in [-0.39, 0.29) is 5.97 Å². The van der Waals surface area contributed by atoms with Crippen LogP contribution in [0.4, 0.5) is 0 Å². The number of ether oxygens (including phenoxy) is 1. The molecule has 0 saturated heterocycles. The van der Waals surface area contributed by atoms with Crippen LogP contribution in [0.2, 0.25) is 0 Å². The van der Waals surface area contributed by atoms with Crippen molar-refractivity contribution < 1.29 is 9.53 Å². The van der Waals surface area contributed by atoms with Crippen LogP contribution < -0.4 is 0 Å². The van der Waals surface area contributed by atoms with Crippen molar-refractivity contribution in [3.63, 3.8) is 0 Å². The van der Waals surface area contributed by atoms with Crippen molar-refractivity contribution >= 4 is 71.4 Å². The summed E-state index contributed by atoms with van der Waals surface area (Å²) in [4.78, 5) is 13.4.